The molecule has 0 heterocycles. The van der Waals surface area contributed by atoms with Crippen molar-refractivity contribution in [3.63, 3.8) is 0 Å². The van der Waals surface area contributed by atoms with Gasteiger partial charge in [0.25, 0.3) is 0 Å². The molecule has 4 nitrogen and oxygen atoms in total. The Labute approximate surface area is 171 Å². The summed E-state index contributed by atoms with van der Waals surface area (Å²) in [5.74, 6) is 1.30. The van der Waals surface area contributed by atoms with Crippen LogP contribution in [0.2, 0.25) is 0 Å². The monoisotopic (exact) mass is 390 g/mol. The molecule has 2 aromatic carbocycles. The third kappa shape index (κ3) is 4.83. The van der Waals surface area contributed by atoms with Gasteiger partial charge in [0.1, 0.15) is 11.5 Å². The number of ketones is 2. The maximum atomic E-state index is 13.0. The molecule has 0 saturated heterocycles. The summed E-state index contributed by atoms with van der Waals surface area (Å²) >= 11 is 0. The van der Waals surface area contributed by atoms with Crippen LogP contribution in [0.3, 0.4) is 0 Å². The molecule has 1 aliphatic carbocycles. The highest BCUT2D eigenvalue weighted by Crippen LogP contribution is 2.41. The third-order valence-electron chi connectivity index (χ3n) is 5.49. The molecule has 0 aliphatic heterocycles. The molecular formula is C25H26O4. The standard InChI is InChI=1S/C25H26O4/c1-28-21-11-5-19(6-12-21)9-15-23(26)25(17-3-4-18-25)24(27)16-10-20-7-13-22(29-2)14-8-20/h5-16H,3-4,17-18H2,1-2H3/b15-9+,16-10+. The van der Waals surface area contributed by atoms with Crippen LogP contribution in [0.1, 0.15) is 36.8 Å². The summed E-state index contributed by atoms with van der Waals surface area (Å²) in [7, 11) is 3.23. The minimum atomic E-state index is -0.939. The summed E-state index contributed by atoms with van der Waals surface area (Å²) in [6.07, 6.45) is 9.62. The second-order valence-corrected chi connectivity index (χ2v) is 7.23. The van der Waals surface area contributed by atoms with Crippen molar-refractivity contribution in [2.75, 3.05) is 14.2 Å². The Kier molecular flexibility index (Phi) is 6.65. The largest absolute Gasteiger partial charge is 0.497 e. The van der Waals surface area contributed by atoms with E-state index < -0.39 is 5.41 Å². The Balaban J connectivity index is 1.74. The van der Waals surface area contributed by atoms with Gasteiger partial charge in [0.2, 0.25) is 0 Å². The van der Waals surface area contributed by atoms with E-state index in [1.165, 1.54) is 0 Å². The van der Waals surface area contributed by atoms with Gasteiger partial charge < -0.3 is 9.47 Å². The van der Waals surface area contributed by atoms with Gasteiger partial charge in [-0.2, -0.15) is 0 Å². The van der Waals surface area contributed by atoms with E-state index in [9.17, 15) is 9.59 Å². The Morgan fingerprint density at radius 1 is 0.724 bits per heavy atom. The fourth-order valence-corrected chi connectivity index (χ4v) is 3.69. The predicted molar refractivity (Wildman–Crippen MR) is 115 cm³/mol. The molecule has 1 aliphatic rings. The van der Waals surface area contributed by atoms with Gasteiger partial charge in [0, 0.05) is 0 Å². The minimum Gasteiger partial charge on any atom is -0.497 e. The number of carbonyl (C=O) groups is 2. The van der Waals surface area contributed by atoms with Crippen LogP contribution in [0, 0.1) is 5.41 Å². The lowest BCUT2D eigenvalue weighted by Crippen LogP contribution is -2.34. The van der Waals surface area contributed by atoms with Crippen LogP contribution in [-0.4, -0.2) is 25.8 Å². The van der Waals surface area contributed by atoms with E-state index in [-0.39, 0.29) is 11.6 Å². The first kappa shape index (κ1) is 20.6. The van der Waals surface area contributed by atoms with Crippen LogP contribution in [0.25, 0.3) is 12.2 Å². The molecule has 2 aromatic rings. The molecule has 0 bridgehead atoms. The topological polar surface area (TPSA) is 52.6 Å². The van der Waals surface area contributed by atoms with Crippen LogP contribution >= 0.6 is 0 Å². The zero-order valence-electron chi connectivity index (χ0n) is 16.9. The van der Waals surface area contributed by atoms with Gasteiger partial charge in [-0.15, -0.1) is 0 Å². The zero-order valence-corrected chi connectivity index (χ0v) is 16.9. The molecule has 0 unspecified atom stereocenters. The van der Waals surface area contributed by atoms with Gasteiger partial charge in [-0.05, 0) is 60.4 Å². The molecule has 0 radical (unpaired) electrons. The first-order valence-electron chi connectivity index (χ1n) is 9.80. The highest BCUT2D eigenvalue weighted by molar-refractivity contribution is 6.17. The van der Waals surface area contributed by atoms with Gasteiger partial charge >= 0.3 is 0 Å². The van der Waals surface area contributed by atoms with Gasteiger partial charge in [-0.1, -0.05) is 49.3 Å². The number of ether oxygens (including phenoxy) is 2. The van der Waals surface area contributed by atoms with Crippen molar-refractivity contribution >= 4 is 23.7 Å². The van der Waals surface area contributed by atoms with Crippen molar-refractivity contribution in [2.24, 2.45) is 5.41 Å². The maximum absolute atomic E-state index is 13.0. The van der Waals surface area contributed by atoms with Crippen LogP contribution < -0.4 is 9.47 Å². The maximum Gasteiger partial charge on any atom is 0.169 e. The van der Waals surface area contributed by atoms with Crippen LogP contribution in [-0.2, 0) is 9.59 Å². The second kappa shape index (κ2) is 9.37. The van der Waals surface area contributed by atoms with Crippen LogP contribution in [0.4, 0.5) is 0 Å². The molecular weight excluding hydrogens is 364 g/mol. The Bertz CT molecular complexity index is 827. The van der Waals surface area contributed by atoms with Gasteiger partial charge in [0.15, 0.2) is 11.6 Å². The minimum absolute atomic E-state index is 0.116. The molecule has 1 fully saturated rings. The number of allylic oxidation sites excluding steroid dienone is 2. The van der Waals surface area contributed by atoms with Crippen LogP contribution in [0.5, 0.6) is 11.5 Å². The molecule has 1 saturated carbocycles. The number of hydrogen-bond donors (Lipinski definition) is 0. The van der Waals surface area contributed by atoms with Crippen molar-refractivity contribution in [3.8, 4) is 11.5 Å². The third-order valence-corrected chi connectivity index (χ3v) is 5.49. The zero-order chi connectivity index (χ0) is 20.7. The predicted octanol–water partition coefficient (Wildman–Crippen LogP) is 5.13. The van der Waals surface area contributed by atoms with Crippen molar-refractivity contribution < 1.29 is 19.1 Å². The molecule has 29 heavy (non-hydrogen) atoms. The summed E-state index contributed by atoms with van der Waals surface area (Å²) in [6, 6.07) is 14.9. The Morgan fingerprint density at radius 3 is 1.45 bits per heavy atom. The van der Waals surface area contributed by atoms with E-state index in [1.807, 2.05) is 48.5 Å². The van der Waals surface area contributed by atoms with Gasteiger partial charge in [-0.25, -0.2) is 0 Å². The molecule has 0 aromatic heterocycles. The SMILES string of the molecule is COc1ccc(/C=C/C(=O)C2(C(=O)/C=C/c3ccc(OC)cc3)CCCC2)cc1. The number of carbonyl (C=O) groups excluding carboxylic acids is 2. The van der Waals surface area contributed by atoms with Crippen molar-refractivity contribution in [2.45, 2.75) is 25.7 Å². The molecule has 150 valence electrons. The summed E-state index contributed by atoms with van der Waals surface area (Å²) in [4.78, 5) is 26.0. The summed E-state index contributed by atoms with van der Waals surface area (Å²) < 4.78 is 10.3. The summed E-state index contributed by atoms with van der Waals surface area (Å²) in [6.45, 7) is 0. The van der Waals surface area contributed by atoms with Crippen molar-refractivity contribution in [3.05, 3.63) is 71.8 Å². The first-order valence-corrected chi connectivity index (χ1v) is 9.80. The first-order chi connectivity index (χ1) is 14.1. The number of hydrogen-bond acceptors (Lipinski definition) is 4. The summed E-state index contributed by atoms with van der Waals surface area (Å²) in [5.41, 5.74) is 0.855. The smallest absolute Gasteiger partial charge is 0.169 e. The summed E-state index contributed by atoms with van der Waals surface area (Å²) in [5, 5.41) is 0. The highest BCUT2D eigenvalue weighted by Gasteiger charge is 2.44. The van der Waals surface area contributed by atoms with Gasteiger partial charge in [0.05, 0.1) is 19.6 Å². The van der Waals surface area contributed by atoms with E-state index in [0.29, 0.717) is 12.8 Å². The lowest BCUT2D eigenvalue weighted by Gasteiger charge is -2.22. The van der Waals surface area contributed by atoms with E-state index in [1.54, 1.807) is 38.5 Å². The molecule has 0 atom stereocenters. The highest BCUT2D eigenvalue weighted by atomic mass is 16.5. The molecule has 3 rings (SSSR count). The normalized spacial score (nSPS) is 15.7. The quantitative estimate of drug-likeness (QED) is 0.463. The van der Waals surface area contributed by atoms with Crippen LogP contribution in [0.15, 0.2) is 60.7 Å². The molecule has 4 heteroatoms. The van der Waals surface area contributed by atoms with Crippen molar-refractivity contribution in [1.82, 2.24) is 0 Å². The number of rotatable bonds is 8. The number of benzene rings is 2. The fourth-order valence-electron chi connectivity index (χ4n) is 3.69. The second-order valence-electron chi connectivity index (χ2n) is 7.23. The molecule has 0 N–H and O–H groups in total. The van der Waals surface area contributed by atoms with Crippen molar-refractivity contribution in [1.29, 1.82) is 0 Å². The van der Waals surface area contributed by atoms with E-state index >= 15 is 0 Å². The number of methoxy groups -OCH3 is 2. The van der Waals surface area contributed by atoms with E-state index in [4.69, 9.17) is 9.47 Å². The lowest BCUT2D eigenvalue weighted by atomic mass is 9.77. The van der Waals surface area contributed by atoms with E-state index in [0.717, 1.165) is 35.5 Å². The van der Waals surface area contributed by atoms with E-state index in [2.05, 4.69) is 0 Å². The Hall–Kier alpha value is -3.14. The van der Waals surface area contributed by atoms with Gasteiger partial charge in [-0.3, -0.25) is 9.59 Å². The lowest BCUT2D eigenvalue weighted by molar-refractivity contribution is -0.134. The fraction of sp³-hybridized carbons (Fsp3) is 0.280. The molecule has 0 amide bonds. The Morgan fingerprint density at radius 2 is 1.10 bits per heavy atom. The molecule has 0 spiro atoms. The average molecular weight is 390 g/mol. The average Bonchev–Trinajstić information content (AvgIpc) is 3.28.